The van der Waals surface area contributed by atoms with E-state index in [0.29, 0.717) is 0 Å². The van der Waals surface area contributed by atoms with Crippen LogP contribution in [0.15, 0.2) is 48.5 Å². The minimum absolute atomic E-state index is 1.22. The van der Waals surface area contributed by atoms with Crippen LogP contribution in [0.4, 0.5) is 0 Å². The third kappa shape index (κ3) is 11.3. The van der Waals surface area contributed by atoms with Crippen molar-refractivity contribution in [3.63, 3.8) is 0 Å². The summed E-state index contributed by atoms with van der Waals surface area (Å²) in [6.45, 7) is 4.60. The van der Waals surface area contributed by atoms with Gasteiger partial charge in [-0.3, -0.25) is 0 Å². The van der Waals surface area contributed by atoms with E-state index in [-0.39, 0.29) is 0 Å². The Morgan fingerprint density at radius 3 is 1.69 bits per heavy atom. The summed E-state index contributed by atoms with van der Waals surface area (Å²) in [7, 11) is 0. The van der Waals surface area contributed by atoms with Gasteiger partial charge in [0.25, 0.3) is 0 Å². The van der Waals surface area contributed by atoms with E-state index < -0.39 is 0 Å². The molecule has 0 aliphatic carbocycles. The smallest absolute Gasteiger partial charge is 0.0178 e. The highest BCUT2D eigenvalue weighted by Gasteiger charge is 2.03. The van der Waals surface area contributed by atoms with Crippen molar-refractivity contribution in [3.05, 3.63) is 54.1 Å². The maximum absolute atomic E-state index is 2.54. The van der Waals surface area contributed by atoms with Crippen LogP contribution < -0.4 is 0 Å². The highest BCUT2D eigenvalue weighted by Crippen LogP contribution is 2.26. The average Bonchev–Trinajstić information content (AvgIpc) is 2.83. The zero-order valence-electron chi connectivity index (χ0n) is 21.3. The Labute approximate surface area is 199 Å². The molecule has 0 saturated carbocycles. The second-order valence-electron chi connectivity index (χ2n) is 9.78. The first-order valence-corrected chi connectivity index (χ1v) is 14.0. The molecular weight excluding hydrogens is 384 g/mol. The van der Waals surface area contributed by atoms with Crippen LogP contribution in [0.5, 0.6) is 0 Å². The first-order valence-electron chi connectivity index (χ1n) is 14.0. The van der Waals surface area contributed by atoms with Crippen molar-refractivity contribution >= 4 is 16.3 Å². The molecule has 0 spiro atoms. The lowest BCUT2D eigenvalue weighted by molar-refractivity contribution is 0.536. The van der Waals surface area contributed by atoms with Gasteiger partial charge in [0.2, 0.25) is 0 Å². The SMILES string of the molecule is CCCCCCCCCCCCCCCCC=C(CCCC)c1ccc2ccccc2c1. The number of rotatable bonds is 19. The summed E-state index contributed by atoms with van der Waals surface area (Å²) in [5.74, 6) is 0. The Bertz CT molecular complexity index is 739. The largest absolute Gasteiger partial charge is 0.0807 e. The Balaban J connectivity index is 1.58. The van der Waals surface area contributed by atoms with Crippen molar-refractivity contribution in [2.45, 2.75) is 129 Å². The van der Waals surface area contributed by atoms with Gasteiger partial charge < -0.3 is 0 Å². The lowest BCUT2D eigenvalue weighted by Gasteiger charge is -2.10. The number of fused-ring (bicyclic) bond motifs is 1. The number of hydrogen-bond acceptors (Lipinski definition) is 0. The van der Waals surface area contributed by atoms with Gasteiger partial charge in [-0.25, -0.2) is 0 Å². The van der Waals surface area contributed by atoms with Gasteiger partial charge in [0.15, 0.2) is 0 Å². The van der Waals surface area contributed by atoms with Gasteiger partial charge in [0.05, 0.1) is 0 Å². The quantitative estimate of drug-likeness (QED) is 0.193. The van der Waals surface area contributed by atoms with Gasteiger partial charge in [-0.1, -0.05) is 146 Å². The van der Waals surface area contributed by atoms with Crippen LogP contribution in [0.2, 0.25) is 0 Å². The molecule has 0 N–H and O–H groups in total. The molecule has 0 aliphatic rings. The van der Waals surface area contributed by atoms with E-state index in [1.165, 1.54) is 132 Å². The molecule has 0 bridgehead atoms. The molecule has 0 nitrogen and oxygen atoms in total. The molecule has 0 heterocycles. The molecule has 0 heteroatoms. The molecular formula is C32H50. The van der Waals surface area contributed by atoms with Crippen LogP contribution in [-0.4, -0.2) is 0 Å². The number of unbranched alkanes of at least 4 members (excludes halogenated alkanes) is 15. The standard InChI is InChI=1S/C32H50/c1-3-5-7-8-9-10-11-12-13-14-15-16-17-18-19-23-29(22-6-4-2)32-27-26-30-24-20-21-25-31(30)28-32/h20-21,23-28H,3-19,22H2,1-2H3. The average molecular weight is 435 g/mol. The zero-order valence-corrected chi connectivity index (χ0v) is 21.3. The Kier molecular flexibility index (Phi) is 15.0. The van der Waals surface area contributed by atoms with E-state index in [1.54, 1.807) is 5.57 Å². The summed E-state index contributed by atoms with van der Waals surface area (Å²) in [5, 5.41) is 2.71. The normalized spacial score (nSPS) is 12.0. The van der Waals surface area contributed by atoms with Crippen molar-refractivity contribution in [2.24, 2.45) is 0 Å². The van der Waals surface area contributed by atoms with Crippen LogP contribution in [0.3, 0.4) is 0 Å². The molecule has 0 aliphatic heterocycles. The fourth-order valence-electron chi connectivity index (χ4n) is 4.74. The van der Waals surface area contributed by atoms with Crippen LogP contribution in [-0.2, 0) is 0 Å². The highest BCUT2D eigenvalue weighted by molar-refractivity contribution is 5.86. The summed E-state index contributed by atoms with van der Waals surface area (Å²) in [6, 6.07) is 15.7. The molecule has 0 unspecified atom stereocenters. The second-order valence-corrected chi connectivity index (χ2v) is 9.78. The summed E-state index contributed by atoms with van der Waals surface area (Å²) >= 11 is 0. The monoisotopic (exact) mass is 434 g/mol. The lowest BCUT2D eigenvalue weighted by Crippen LogP contribution is -1.87. The fraction of sp³-hybridized carbons (Fsp3) is 0.625. The van der Waals surface area contributed by atoms with Gasteiger partial charge in [-0.05, 0) is 53.7 Å². The van der Waals surface area contributed by atoms with Gasteiger partial charge in [0.1, 0.15) is 0 Å². The molecule has 0 radical (unpaired) electrons. The van der Waals surface area contributed by atoms with Crippen LogP contribution in [0.1, 0.15) is 135 Å². The summed E-state index contributed by atoms with van der Waals surface area (Å²) in [6.07, 6.45) is 27.6. The van der Waals surface area contributed by atoms with Crippen molar-refractivity contribution in [1.82, 2.24) is 0 Å². The van der Waals surface area contributed by atoms with Crippen LogP contribution >= 0.6 is 0 Å². The van der Waals surface area contributed by atoms with Crippen LogP contribution in [0.25, 0.3) is 16.3 Å². The van der Waals surface area contributed by atoms with E-state index in [2.05, 4.69) is 62.4 Å². The van der Waals surface area contributed by atoms with Gasteiger partial charge in [-0.2, -0.15) is 0 Å². The number of benzene rings is 2. The fourth-order valence-corrected chi connectivity index (χ4v) is 4.74. The maximum atomic E-state index is 2.54. The number of hydrogen-bond donors (Lipinski definition) is 0. The van der Waals surface area contributed by atoms with E-state index in [4.69, 9.17) is 0 Å². The first kappa shape index (κ1) is 26.7. The molecule has 2 aromatic carbocycles. The van der Waals surface area contributed by atoms with Gasteiger partial charge >= 0.3 is 0 Å². The third-order valence-corrected chi connectivity index (χ3v) is 6.87. The van der Waals surface area contributed by atoms with Crippen molar-refractivity contribution in [1.29, 1.82) is 0 Å². The van der Waals surface area contributed by atoms with E-state index in [9.17, 15) is 0 Å². The minimum atomic E-state index is 1.22. The van der Waals surface area contributed by atoms with E-state index >= 15 is 0 Å². The number of allylic oxidation sites excluding steroid dienone is 2. The summed E-state index contributed by atoms with van der Waals surface area (Å²) in [4.78, 5) is 0. The van der Waals surface area contributed by atoms with Crippen molar-refractivity contribution < 1.29 is 0 Å². The molecule has 0 atom stereocenters. The Hall–Kier alpha value is -1.56. The molecule has 0 saturated heterocycles. The van der Waals surface area contributed by atoms with E-state index in [1.807, 2.05) is 0 Å². The summed E-state index contributed by atoms with van der Waals surface area (Å²) in [5.41, 5.74) is 3.00. The topological polar surface area (TPSA) is 0 Å². The summed E-state index contributed by atoms with van der Waals surface area (Å²) < 4.78 is 0. The minimum Gasteiger partial charge on any atom is -0.0807 e. The molecule has 0 aromatic heterocycles. The van der Waals surface area contributed by atoms with Gasteiger partial charge in [0, 0.05) is 0 Å². The van der Waals surface area contributed by atoms with E-state index in [0.717, 1.165) is 0 Å². The predicted octanol–water partition coefficient (Wildman–Crippen LogP) is 11.3. The van der Waals surface area contributed by atoms with Crippen molar-refractivity contribution in [2.75, 3.05) is 0 Å². The third-order valence-electron chi connectivity index (χ3n) is 6.87. The molecule has 0 amide bonds. The second kappa shape index (κ2) is 17.9. The molecule has 0 fully saturated rings. The van der Waals surface area contributed by atoms with Crippen molar-refractivity contribution in [3.8, 4) is 0 Å². The first-order chi connectivity index (χ1) is 15.8. The molecule has 2 rings (SSSR count). The van der Waals surface area contributed by atoms with Gasteiger partial charge in [-0.15, -0.1) is 0 Å². The highest BCUT2D eigenvalue weighted by atomic mass is 14.1. The Morgan fingerprint density at radius 2 is 1.09 bits per heavy atom. The molecule has 32 heavy (non-hydrogen) atoms. The Morgan fingerprint density at radius 1 is 0.562 bits per heavy atom. The molecule has 178 valence electrons. The predicted molar refractivity (Wildman–Crippen MR) is 146 cm³/mol. The lowest BCUT2D eigenvalue weighted by atomic mass is 9.96. The van der Waals surface area contributed by atoms with Crippen LogP contribution in [0, 0.1) is 0 Å². The maximum Gasteiger partial charge on any atom is -0.0178 e. The zero-order chi connectivity index (χ0) is 22.7. The molecule has 2 aromatic rings.